The molecule has 7 nitrogen and oxygen atoms in total. The fraction of sp³-hybridized carbons (Fsp3) is 0.133. The minimum atomic E-state index is -1.54. The molecule has 0 aliphatic heterocycles. The molecule has 2 rings (SSSR count). The van der Waals surface area contributed by atoms with Gasteiger partial charge in [-0.05, 0) is 17.7 Å². The molecular formula is C15H12N2O5-2. The monoisotopic (exact) mass is 300 g/mol. The second-order valence-electron chi connectivity index (χ2n) is 4.60. The molecule has 1 amide bonds. The number of aliphatic carboxylic acids is 2. The topological polar surface area (TPSA) is 125 Å². The number of aromatic nitrogens is 1. The van der Waals surface area contributed by atoms with Crippen LogP contribution >= 0.6 is 0 Å². The molecule has 0 bridgehead atoms. The summed E-state index contributed by atoms with van der Waals surface area (Å²) in [4.78, 5) is 35.8. The van der Waals surface area contributed by atoms with Crippen molar-refractivity contribution in [2.45, 2.75) is 12.5 Å². The van der Waals surface area contributed by atoms with Gasteiger partial charge < -0.3 is 30.1 Å². The molecule has 1 atom stereocenters. The van der Waals surface area contributed by atoms with Crippen LogP contribution in [0.2, 0.25) is 0 Å². The highest BCUT2D eigenvalue weighted by Gasteiger charge is 2.15. The van der Waals surface area contributed by atoms with E-state index in [-0.39, 0.29) is 6.42 Å². The average molecular weight is 300 g/mol. The van der Waals surface area contributed by atoms with Crippen LogP contribution in [-0.2, 0) is 20.8 Å². The van der Waals surface area contributed by atoms with E-state index in [1.807, 2.05) is 24.3 Å². The van der Waals surface area contributed by atoms with Crippen molar-refractivity contribution >= 4 is 28.7 Å². The average Bonchev–Trinajstić information content (AvgIpc) is 2.87. The van der Waals surface area contributed by atoms with E-state index < -0.39 is 23.9 Å². The predicted molar refractivity (Wildman–Crippen MR) is 73.1 cm³/mol. The number of amides is 1. The molecule has 114 valence electrons. The zero-order valence-electron chi connectivity index (χ0n) is 11.4. The molecule has 0 unspecified atom stereocenters. The Kier molecular flexibility index (Phi) is 4.57. The van der Waals surface area contributed by atoms with Gasteiger partial charge in [0.05, 0.1) is 18.0 Å². The molecule has 0 aliphatic carbocycles. The Morgan fingerprint density at radius 1 is 1.18 bits per heavy atom. The Labute approximate surface area is 125 Å². The van der Waals surface area contributed by atoms with Crippen LogP contribution in [0.3, 0.4) is 0 Å². The maximum Gasteiger partial charge on any atom is 0.244 e. The van der Waals surface area contributed by atoms with Gasteiger partial charge in [0.2, 0.25) is 5.91 Å². The van der Waals surface area contributed by atoms with Crippen molar-refractivity contribution < 1.29 is 24.6 Å². The summed E-state index contributed by atoms with van der Waals surface area (Å²) in [5.74, 6) is -3.85. The summed E-state index contributed by atoms with van der Waals surface area (Å²) in [6, 6.07) is 6.04. The van der Waals surface area contributed by atoms with E-state index in [4.69, 9.17) is 0 Å². The zero-order valence-corrected chi connectivity index (χ0v) is 11.4. The summed E-state index contributed by atoms with van der Waals surface area (Å²) in [7, 11) is 0. The first-order valence-corrected chi connectivity index (χ1v) is 6.43. The zero-order chi connectivity index (χ0) is 16.1. The Morgan fingerprint density at radius 3 is 2.59 bits per heavy atom. The first-order valence-electron chi connectivity index (χ1n) is 6.43. The van der Waals surface area contributed by atoms with Gasteiger partial charge in [0.1, 0.15) is 0 Å². The molecule has 0 aliphatic rings. The van der Waals surface area contributed by atoms with Gasteiger partial charge in [0.15, 0.2) is 0 Å². The second kappa shape index (κ2) is 6.57. The number of para-hydroxylation sites is 1. The second-order valence-corrected chi connectivity index (χ2v) is 4.60. The van der Waals surface area contributed by atoms with Crippen LogP contribution in [0.4, 0.5) is 0 Å². The number of hydrogen-bond acceptors (Lipinski definition) is 5. The van der Waals surface area contributed by atoms with Gasteiger partial charge in [-0.25, -0.2) is 0 Å². The van der Waals surface area contributed by atoms with Crippen LogP contribution in [0, 0.1) is 0 Å². The summed E-state index contributed by atoms with van der Waals surface area (Å²) < 4.78 is 0. The van der Waals surface area contributed by atoms with Gasteiger partial charge in [-0.1, -0.05) is 18.2 Å². The van der Waals surface area contributed by atoms with Crippen LogP contribution in [0.5, 0.6) is 0 Å². The van der Waals surface area contributed by atoms with Gasteiger partial charge in [0, 0.05) is 29.6 Å². The number of nitrogens with one attached hydrogen (secondary N) is 2. The van der Waals surface area contributed by atoms with Gasteiger partial charge in [-0.15, -0.1) is 0 Å². The Morgan fingerprint density at radius 2 is 1.91 bits per heavy atom. The molecule has 0 fully saturated rings. The highest BCUT2D eigenvalue weighted by molar-refractivity contribution is 5.95. The number of carboxylic acids is 2. The van der Waals surface area contributed by atoms with Crippen molar-refractivity contribution in [2.24, 2.45) is 0 Å². The number of carboxylic acid groups (broad SMARTS) is 2. The summed E-state index contributed by atoms with van der Waals surface area (Å²) in [5.41, 5.74) is 1.55. The van der Waals surface area contributed by atoms with E-state index in [9.17, 15) is 24.6 Å². The van der Waals surface area contributed by atoms with Crippen molar-refractivity contribution in [2.75, 3.05) is 0 Å². The number of carbonyl (C=O) groups is 3. The largest absolute Gasteiger partial charge is 0.548 e. The third kappa shape index (κ3) is 3.72. The van der Waals surface area contributed by atoms with Crippen LogP contribution in [0.25, 0.3) is 10.9 Å². The Balaban J connectivity index is 2.14. The van der Waals surface area contributed by atoms with Gasteiger partial charge >= 0.3 is 0 Å². The minimum absolute atomic E-state index is 0.0112. The van der Waals surface area contributed by atoms with Crippen molar-refractivity contribution in [3.05, 3.63) is 48.2 Å². The maximum absolute atomic E-state index is 11.5. The van der Waals surface area contributed by atoms with Crippen molar-refractivity contribution in [1.29, 1.82) is 0 Å². The Hall–Kier alpha value is -3.09. The summed E-state index contributed by atoms with van der Waals surface area (Å²) in [6.07, 6.45) is 2.88. The Bertz CT molecular complexity index is 747. The van der Waals surface area contributed by atoms with E-state index in [1.165, 1.54) is 0 Å². The van der Waals surface area contributed by atoms with E-state index in [0.29, 0.717) is 17.7 Å². The quantitative estimate of drug-likeness (QED) is 0.612. The van der Waals surface area contributed by atoms with Gasteiger partial charge in [-0.2, -0.15) is 0 Å². The SMILES string of the molecule is O=C([O-])/C=C/C(=O)N[C@H](Cc1c[nH]c2ccccc12)C(=O)[O-]. The van der Waals surface area contributed by atoms with Gasteiger partial charge in [-0.3, -0.25) is 4.79 Å². The minimum Gasteiger partial charge on any atom is -0.548 e. The number of aromatic amines is 1. The van der Waals surface area contributed by atoms with Crippen molar-refractivity contribution in [3.63, 3.8) is 0 Å². The fourth-order valence-corrected chi connectivity index (χ4v) is 2.08. The summed E-state index contributed by atoms with van der Waals surface area (Å²) in [6.45, 7) is 0. The molecule has 22 heavy (non-hydrogen) atoms. The molecule has 2 aromatic rings. The third-order valence-corrected chi connectivity index (χ3v) is 3.07. The van der Waals surface area contributed by atoms with Crippen LogP contribution in [0.1, 0.15) is 5.56 Å². The lowest BCUT2D eigenvalue weighted by Crippen LogP contribution is -2.48. The number of H-pyrrole nitrogens is 1. The lowest BCUT2D eigenvalue weighted by Gasteiger charge is -2.18. The van der Waals surface area contributed by atoms with E-state index in [2.05, 4.69) is 10.3 Å². The molecule has 0 saturated heterocycles. The molecule has 1 heterocycles. The highest BCUT2D eigenvalue weighted by Crippen LogP contribution is 2.18. The van der Waals surface area contributed by atoms with Crippen LogP contribution in [0.15, 0.2) is 42.6 Å². The summed E-state index contributed by atoms with van der Waals surface area (Å²) >= 11 is 0. The van der Waals surface area contributed by atoms with Gasteiger partial charge in [0.25, 0.3) is 0 Å². The number of fused-ring (bicyclic) bond motifs is 1. The standard InChI is InChI=1S/C15H14N2O5/c18-13(5-6-14(19)20)17-12(15(21)22)7-9-8-16-11-4-2-1-3-10(9)11/h1-6,8,12,16H,7H2,(H,17,18)(H,19,20)(H,21,22)/p-2/b6-5+/t12-/m1/s1. The lowest BCUT2D eigenvalue weighted by atomic mass is 10.0. The molecule has 0 saturated carbocycles. The van der Waals surface area contributed by atoms with E-state index >= 15 is 0 Å². The first kappa shape index (κ1) is 15.3. The molecular weight excluding hydrogens is 288 g/mol. The lowest BCUT2D eigenvalue weighted by molar-refractivity contribution is -0.308. The van der Waals surface area contributed by atoms with Crippen molar-refractivity contribution in [1.82, 2.24) is 10.3 Å². The highest BCUT2D eigenvalue weighted by atomic mass is 16.4. The number of hydrogen-bond donors (Lipinski definition) is 2. The third-order valence-electron chi connectivity index (χ3n) is 3.07. The molecule has 2 N–H and O–H groups in total. The number of benzene rings is 1. The number of carbonyl (C=O) groups excluding carboxylic acids is 3. The molecule has 0 spiro atoms. The van der Waals surface area contributed by atoms with Crippen LogP contribution < -0.4 is 15.5 Å². The smallest absolute Gasteiger partial charge is 0.244 e. The predicted octanol–water partition coefficient (Wildman–Crippen LogP) is -1.75. The van der Waals surface area contributed by atoms with Crippen molar-refractivity contribution in [3.8, 4) is 0 Å². The molecule has 1 aromatic heterocycles. The molecule has 0 radical (unpaired) electrons. The fourth-order valence-electron chi connectivity index (χ4n) is 2.08. The first-order chi connectivity index (χ1) is 10.5. The molecule has 7 heteroatoms. The van der Waals surface area contributed by atoms with E-state index in [0.717, 1.165) is 10.9 Å². The van der Waals surface area contributed by atoms with Crippen LogP contribution in [-0.4, -0.2) is 28.9 Å². The maximum atomic E-state index is 11.5. The molecule has 1 aromatic carbocycles. The normalized spacial score (nSPS) is 12.4. The number of rotatable bonds is 6. The van der Waals surface area contributed by atoms with E-state index in [1.54, 1.807) is 6.20 Å². The summed E-state index contributed by atoms with van der Waals surface area (Å²) in [5, 5.41) is 24.4.